The van der Waals surface area contributed by atoms with Crippen LogP contribution in [0.4, 0.5) is 0 Å². The van der Waals surface area contributed by atoms with Gasteiger partial charge in [0.05, 0.1) is 19.8 Å². The maximum atomic E-state index is 5.72. The molecule has 0 aliphatic carbocycles. The summed E-state index contributed by atoms with van der Waals surface area (Å²) in [6.45, 7) is 7.36. The van der Waals surface area contributed by atoms with Crippen molar-refractivity contribution in [1.82, 2.24) is 0 Å². The third-order valence-electron chi connectivity index (χ3n) is 2.86. The predicted octanol–water partition coefficient (Wildman–Crippen LogP) is 4.07. The fraction of sp³-hybridized carbons (Fsp3) is 0.625. The Hall–Kier alpha value is -1.07. The zero-order valence-corrected chi connectivity index (χ0v) is 14.1. The maximum absolute atomic E-state index is 5.72. The highest BCUT2D eigenvalue weighted by Crippen LogP contribution is 2.41. The molecule has 5 heteroatoms. The van der Waals surface area contributed by atoms with Gasteiger partial charge in [-0.2, -0.15) is 17.5 Å². The molecule has 0 unspecified atom stereocenters. The van der Waals surface area contributed by atoms with Crippen molar-refractivity contribution in [2.75, 3.05) is 25.6 Å². The lowest BCUT2D eigenvalue weighted by molar-refractivity contribution is -0.203. The Morgan fingerprint density at radius 3 is 2.29 bits per heavy atom. The first-order valence-electron chi connectivity index (χ1n) is 7.60. The van der Waals surface area contributed by atoms with Crippen LogP contribution in [0.25, 0.3) is 0 Å². The summed E-state index contributed by atoms with van der Waals surface area (Å²) in [7, 11) is 0. The molecule has 0 aliphatic heterocycles. The summed E-state index contributed by atoms with van der Waals surface area (Å²) < 4.78 is 11.3. The van der Waals surface area contributed by atoms with Gasteiger partial charge >= 0.3 is 0 Å². The highest BCUT2D eigenvalue weighted by molar-refractivity contribution is 7.80. The van der Waals surface area contributed by atoms with E-state index in [1.165, 1.54) is 0 Å². The lowest BCUT2D eigenvalue weighted by Gasteiger charge is -2.17. The van der Waals surface area contributed by atoms with Crippen LogP contribution in [0.3, 0.4) is 0 Å². The number of ether oxygens (including phenoxy) is 2. The van der Waals surface area contributed by atoms with E-state index in [1.54, 1.807) is 0 Å². The second kappa shape index (κ2) is 10.6. The first-order valence-corrected chi connectivity index (χ1v) is 8.23. The molecule has 0 saturated heterocycles. The van der Waals surface area contributed by atoms with Crippen LogP contribution < -0.4 is 14.4 Å². The molecule has 0 bridgehead atoms. The van der Waals surface area contributed by atoms with E-state index in [0.717, 1.165) is 30.6 Å². The summed E-state index contributed by atoms with van der Waals surface area (Å²) in [6.07, 6.45) is 3.01. The fourth-order valence-corrected chi connectivity index (χ4v) is 2.19. The molecule has 0 heterocycles. The highest BCUT2D eigenvalue weighted by Gasteiger charge is 2.18. The van der Waals surface area contributed by atoms with E-state index >= 15 is 0 Å². The van der Waals surface area contributed by atoms with E-state index in [1.807, 2.05) is 32.9 Å². The van der Waals surface area contributed by atoms with Gasteiger partial charge in [0, 0.05) is 5.56 Å². The molecule has 0 atom stereocenters. The summed E-state index contributed by atoms with van der Waals surface area (Å²) in [5.74, 6) is 2.82. The van der Waals surface area contributed by atoms with Crippen molar-refractivity contribution in [3.8, 4) is 17.2 Å². The lowest BCUT2D eigenvalue weighted by Crippen LogP contribution is -2.06. The molecule has 0 aliphatic rings. The zero-order valence-electron chi connectivity index (χ0n) is 13.2. The summed E-state index contributed by atoms with van der Waals surface area (Å²) in [5.41, 5.74) is 1.07. The number of benzene rings is 1. The molecule has 0 radical (unpaired) electrons. The molecule has 0 saturated carbocycles. The summed E-state index contributed by atoms with van der Waals surface area (Å²) in [5, 5.41) is 0. The SMILES string of the molecule is CCOOc1c(CCCCS)ccc(OCC)c1OCC. The molecular weight excluding hydrogens is 288 g/mol. The largest absolute Gasteiger partial charge is 0.490 e. The first kappa shape index (κ1) is 18.0. The van der Waals surface area contributed by atoms with Crippen LogP contribution in [0.15, 0.2) is 12.1 Å². The topological polar surface area (TPSA) is 36.9 Å². The zero-order chi connectivity index (χ0) is 15.5. The van der Waals surface area contributed by atoms with Crippen molar-refractivity contribution in [1.29, 1.82) is 0 Å². The first-order chi connectivity index (χ1) is 10.3. The Kier molecular flexibility index (Phi) is 9.10. The van der Waals surface area contributed by atoms with Crippen molar-refractivity contribution in [2.24, 2.45) is 0 Å². The predicted molar refractivity (Wildman–Crippen MR) is 87.8 cm³/mol. The van der Waals surface area contributed by atoms with Gasteiger partial charge in [-0.15, -0.1) is 0 Å². The number of hydrogen-bond donors (Lipinski definition) is 1. The smallest absolute Gasteiger partial charge is 0.214 e. The summed E-state index contributed by atoms with van der Waals surface area (Å²) >= 11 is 4.25. The molecular formula is C16H26O4S. The van der Waals surface area contributed by atoms with Gasteiger partial charge in [0.1, 0.15) is 0 Å². The normalized spacial score (nSPS) is 10.5. The molecule has 0 aromatic heterocycles. The quantitative estimate of drug-likeness (QED) is 0.289. The third-order valence-corrected chi connectivity index (χ3v) is 3.18. The number of rotatable bonds is 11. The van der Waals surface area contributed by atoms with E-state index in [-0.39, 0.29) is 0 Å². The number of thiol groups is 1. The van der Waals surface area contributed by atoms with Crippen LogP contribution >= 0.6 is 12.6 Å². The number of hydrogen-bond acceptors (Lipinski definition) is 5. The van der Waals surface area contributed by atoms with Crippen LogP contribution in [-0.2, 0) is 11.3 Å². The monoisotopic (exact) mass is 314 g/mol. The standard InChI is InChI=1S/C16H26O4S/c1-4-17-14-11-10-13(9-7-8-12-21)15(20-19-6-3)16(14)18-5-2/h10-11,21H,4-9,12H2,1-3H3. The Balaban J connectivity index is 3.06. The summed E-state index contributed by atoms with van der Waals surface area (Å²) in [4.78, 5) is 10.6. The molecule has 1 rings (SSSR count). The van der Waals surface area contributed by atoms with Crippen molar-refractivity contribution in [2.45, 2.75) is 40.0 Å². The van der Waals surface area contributed by atoms with Gasteiger partial charge in [-0.25, -0.2) is 0 Å². The van der Waals surface area contributed by atoms with Gasteiger partial charge in [0.15, 0.2) is 5.75 Å². The van der Waals surface area contributed by atoms with E-state index in [4.69, 9.17) is 19.2 Å². The lowest BCUT2D eigenvalue weighted by atomic mass is 10.1. The summed E-state index contributed by atoms with van der Waals surface area (Å²) in [6, 6.07) is 3.95. The molecule has 4 nitrogen and oxygen atoms in total. The molecule has 120 valence electrons. The second-order valence-corrected chi connectivity index (χ2v) is 4.86. The maximum Gasteiger partial charge on any atom is 0.214 e. The van der Waals surface area contributed by atoms with Crippen LogP contribution in [0.5, 0.6) is 17.2 Å². The van der Waals surface area contributed by atoms with Crippen molar-refractivity contribution < 1.29 is 19.2 Å². The Labute approximate surface area is 133 Å². The minimum Gasteiger partial charge on any atom is -0.490 e. The minimum absolute atomic E-state index is 0.473. The van der Waals surface area contributed by atoms with E-state index in [0.29, 0.717) is 37.1 Å². The van der Waals surface area contributed by atoms with Crippen LogP contribution in [-0.4, -0.2) is 25.6 Å². The van der Waals surface area contributed by atoms with Crippen LogP contribution in [0.2, 0.25) is 0 Å². The molecule has 1 aromatic carbocycles. The molecule has 21 heavy (non-hydrogen) atoms. The van der Waals surface area contributed by atoms with Gasteiger partial charge in [0.2, 0.25) is 11.5 Å². The van der Waals surface area contributed by atoms with Crippen molar-refractivity contribution >= 4 is 12.6 Å². The average molecular weight is 314 g/mol. The minimum atomic E-state index is 0.473. The van der Waals surface area contributed by atoms with Crippen LogP contribution in [0, 0.1) is 0 Å². The van der Waals surface area contributed by atoms with E-state index in [9.17, 15) is 0 Å². The number of unbranched alkanes of at least 4 members (excludes halogenated alkanes) is 1. The third kappa shape index (κ3) is 5.67. The molecule has 0 fully saturated rings. The van der Waals surface area contributed by atoms with Gasteiger partial charge < -0.3 is 14.4 Å². The molecule has 0 spiro atoms. The highest BCUT2D eigenvalue weighted by atomic mass is 32.1. The molecule has 1 aromatic rings. The van der Waals surface area contributed by atoms with Gasteiger partial charge in [-0.3, -0.25) is 0 Å². The van der Waals surface area contributed by atoms with Gasteiger partial charge in [-0.05, 0) is 51.9 Å². The Morgan fingerprint density at radius 1 is 0.905 bits per heavy atom. The molecule has 0 N–H and O–H groups in total. The van der Waals surface area contributed by atoms with Gasteiger partial charge in [-0.1, -0.05) is 6.07 Å². The van der Waals surface area contributed by atoms with Crippen LogP contribution in [0.1, 0.15) is 39.2 Å². The molecule has 0 amide bonds. The fourth-order valence-electron chi connectivity index (χ4n) is 1.97. The van der Waals surface area contributed by atoms with Crippen molar-refractivity contribution in [3.05, 3.63) is 17.7 Å². The Bertz CT molecular complexity index is 410. The van der Waals surface area contributed by atoms with E-state index in [2.05, 4.69) is 12.6 Å². The Morgan fingerprint density at radius 2 is 1.67 bits per heavy atom. The second-order valence-electron chi connectivity index (χ2n) is 4.42. The number of aryl methyl sites for hydroxylation is 1. The van der Waals surface area contributed by atoms with Gasteiger partial charge in [0.25, 0.3) is 0 Å². The van der Waals surface area contributed by atoms with E-state index < -0.39 is 0 Å². The average Bonchev–Trinajstić information content (AvgIpc) is 2.49. The van der Waals surface area contributed by atoms with Crippen molar-refractivity contribution in [3.63, 3.8) is 0 Å².